The van der Waals surface area contributed by atoms with Crippen LogP contribution in [0.15, 0.2) is 70.6 Å². The number of aliphatic imine (C=N–C) groups is 1. The second-order valence-corrected chi connectivity index (χ2v) is 33.5. The van der Waals surface area contributed by atoms with Gasteiger partial charge in [-0.2, -0.15) is 0 Å². The number of benzene rings is 1. The molecule has 0 amide bonds. The van der Waals surface area contributed by atoms with Crippen molar-refractivity contribution in [3.63, 3.8) is 0 Å². The number of carbonyl (C=O) groups is 3. The minimum atomic E-state index is -2.12. The van der Waals surface area contributed by atoms with E-state index >= 15 is 14.7 Å². The summed E-state index contributed by atoms with van der Waals surface area (Å²) in [5, 5.41) is 118. The monoisotopic (exact) mass is 1320 g/mol. The molecule has 6 saturated carbocycles. The van der Waals surface area contributed by atoms with Crippen LogP contribution in [0.4, 0.5) is 0 Å². The summed E-state index contributed by atoms with van der Waals surface area (Å²) in [6.45, 7) is 5.19. The molecule has 2 aliphatic heterocycles. The molecule has 18 nitrogen and oxygen atoms in total. The summed E-state index contributed by atoms with van der Waals surface area (Å²) in [6, 6.07) is 7.28. The van der Waals surface area contributed by atoms with Gasteiger partial charge in [0, 0.05) is 90.1 Å². The second kappa shape index (κ2) is 26.5. The first-order valence-corrected chi connectivity index (χ1v) is 37.7. The molecule has 2 saturated heterocycles. The number of hydrogen-bond donors (Lipinski definition) is 13. The number of hydrogen-bond acceptors (Lipinski definition) is 17. The number of cyclic esters (lactones) is 1. The molecule has 15 N–H and O–H groups in total. The maximum atomic E-state index is 16.9. The van der Waals surface area contributed by atoms with E-state index < -0.39 is 130 Å². The van der Waals surface area contributed by atoms with Crippen LogP contribution < -0.4 is 16.8 Å². The highest BCUT2D eigenvalue weighted by molar-refractivity contribution is 8.76. The number of carbonyl (C=O) groups excluding carboxylic acids is 3. The first kappa shape index (κ1) is 67.2. The quantitative estimate of drug-likeness (QED) is 0.0214. The number of esters is 1. The molecule has 9 aliphatic carbocycles. The lowest BCUT2D eigenvalue weighted by molar-refractivity contribution is -0.210. The van der Waals surface area contributed by atoms with E-state index in [1.807, 2.05) is 25.4 Å². The van der Waals surface area contributed by atoms with Crippen LogP contribution in [-0.4, -0.2) is 147 Å². The van der Waals surface area contributed by atoms with E-state index in [9.17, 15) is 45.6 Å². The van der Waals surface area contributed by atoms with Gasteiger partial charge in [0.05, 0.1) is 47.7 Å². The van der Waals surface area contributed by atoms with Gasteiger partial charge in [0.25, 0.3) is 0 Å². The third-order valence-electron chi connectivity index (χ3n) is 26.6. The van der Waals surface area contributed by atoms with Gasteiger partial charge in [-0.15, -0.1) is 5.92 Å². The summed E-state index contributed by atoms with van der Waals surface area (Å²) < 4.78 is 6.42. The predicted octanol–water partition coefficient (Wildman–Crippen LogP) is 7.12. The summed E-state index contributed by atoms with van der Waals surface area (Å²) in [4.78, 5) is 54.4. The Morgan fingerprint density at radius 1 is 0.903 bits per heavy atom. The van der Waals surface area contributed by atoms with E-state index in [0.29, 0.717) is 30.1 Å². The summed E-state index contributed by atoms with van der Waals surface area (Å²) in [5.74, 6) is -0.0657. The molecule has 0 spiro atoms. The van der Waals surface area contributed by atoms with Crippen molar-refractivity contribution in [2.75, 3.05) is 24.7 Å². The maximum Gasteiger partial charge on any atom is 0.314 e. The molecule has 25 atom stereocenters. The number of rotatable bonds is 10. The second-order valence-electron chi connectivity index (χ2n) is 31.0. The summed E-state index contributed by atoms with van der Waals surface area (Å²) in [7, 11) is 3.02. The Labute approximate surface area is 555 Å². The molecular weight excluding hydrogens is 1220 g/mol. The molecule has 508 valence electrons. The Hall–Kier alpha value is -4.40. The molecule has 0 radical (unpaired) electrons. The molecule has 13 rings (SSSR count). The van der Waals surface area contributed by atoms with Crippen molar-refractivity contribution >= 4 is 45.1 Å². The number of H-pyrrole nitrogens is 1. The number of nitrogens with zero attached hydrogens (tertiary/aromatic N) is 1. The van der Waals surface area contributed by atoms with Crippen molar-refractivity contribution < 1.29 is 65.1 Å². The lowest BCUT2D eigenvalue weighted by Gasteiger charge is -2.66. The number of guanidine groups is 1. The number of nitrogens with two attached hydrogens (primary N) is 2. The number of aromatic nitrogens is 1. The van der Waals surface area contributed by atoms with Gasteiger partial charge in [0.1, 0.15) is 17.9 Å². The Bertz CT molecular complexity index is 3250. The number of nitrogens with one attached hydrogen (secondary N) is 2. The number of fused-ring (bicyclic) bond motifs is 8. The molecule has 20 heteroatoms. The SMILES string of the molecule is CCC1OC(=O)C(c2cc[nH]c2)C1C1C#CCC2CC3(O)C4=C5NC(CO)C(=O)CC(c6ccc(O)cc6)CSSCC6C(O)C(O)CC(C7CCCCC7)(C4CCC3(CCN=C(N)N)C2C(C)(O)C(O)CC(C(O)O)C2C3C=C4CCC(C)CC4C2C1CC3)C6C5=O. The van der Waals surface area contributed by atoms with Crippen LogP contribution in [0.2, 0.25) is 0 Å². The van der Waals surface area contributed by atoms with Crippen molar-refractivity contribution in [3.8, 4) is 17.6 Å². The van der Waals surface area contributed by atoms with Crippen LogP contribution in [0.3, 0.4) is 0 Å². The van der Waals surface area contributed by atoms with Crippen LogP contribution in [0.5, 0.6) is 5.75 Å². The lowest BCUT2D eigenvalue weighted by Crippen LogP contribution is -2.69. The minimum absolute atomic E-state index is 0.0105. The van der Waals surface area contributed by atoms with E-state index in [1.54, 1.807) is 31.2 Å². The number of aliphatic hydroxyl groups excluding tert-OH is 5. The lowest BCUT2D eigenvalue weighted by atomic mass is 9.39. The molecule has 8 fully saturated rings. The van der Waals surface area contributed by atoms with Crippen LogP contribution in [-0.2, 0) is 19.1 Å². The van der Waals surface area contributed by atoms with Crippen LogP contribution in [0, 0.1) is 111 Å². The average molecular weight is 1320 g/mol. The van der Waals surface area contributed by atoms with Crippen molar-refractivity contribution in [2.45, 2.75) is 203 Å². The molecule has 6 bridgehead atoms. The number of Topliss-reactive ketones (excluding diaryl/α,β-unsaturated/α-hetero) is 2. The van der Waals surface area contributed by atoms with E-state index in [2.05, 4.69) is 40.1 Å². The smallest absolute Gasteiger partial charge is 0.314 e. The standard InChI is InChI=1S/C73H101N5O13S2/c1-4-55-60(58(68(88)91-55)42-22-25-76-33-42)46-12-8-9-41-31-73(90)62-51(21-23-71(73,24-26-77-69(74)75)66(41)70(3,89)56(83)30-49(67(86)87)57-40-17-20-47(46)59(57)48-27-37(2)13-14-39(48)28-40)72(44-10-6-5-7-11-44)32-54(82)64(84)50-36-93-92-35-43(38-15-18-45(80)19-16-38)29-53(81)52(34-79)78-63(62)65(85)61(50)72/h15-16,18-19,22,25,28,33,37,40-41,43-44,46-52,54-61,64,66-67,76,78-80,82-84,86-87,89-90H,4-7,9-11,13-14,17,20-21,23-24,26-27,29-32,34-36H2,1-3H3,(H4,74,75,77). The van der Waals surface area contributed by atoms with Gasteiger partial charge in [0.2, 0.25) is 0 Å². The van der Waals surface area contributed by atoms with Crippen molar-refractivity contribution in [1.29, 1.82) is 0 Å². The number of aromatic hydroxyl groups is 1. The van der Waals surface area contributed by atoms with Crippen LogP contribution in [0.1, 0.15) is 166 Å². The molecular formula is C73H101N5O13S2. The number of phenols is 1. The van der Waals surface area contributed by atoms with E-state index in [-0.39, 0.29) is 122 Å². The van der Waals surface area contributed by atoms with Gasteiger partial charge < -0.3 is 72.5 Å². The maximum absolute atomic E-state index is 16.9. The molecule has 2 aromatic rings. The fraction of sp³-hybridized carbons (Fsp3) is 0.726. The highest BCUT2D eigenvalue weighted by Crippen LogP contribution is 2.75. The zero-order valence-corrected chi connectivity index (χ0v) is 55.9. The zero-order valence-electron chi connectivity index (χ0n) is 54.2. The van der Waals surface area contributed by atoms with Crippen molar-refractivity contribution in [1.82, 2.24) is 10.3 Å². The Morgan fingerprint density at radius 2 is 1.67 bits per heavy atom. The van der Waals surface area contributed by atoms with E-state index in [1.165, 1.54) is 27.2 Å². The Balaban J connectivity index is 1.03. The predicted molar refractivity (Wildman–Crippen MR) is 355 cm³/mol. The van der Waals surface area contributed by atoms with Gasteiger partial charge in [-0.1, -0.05) is 84.4 Å². The van der Waals surface area contributed by atoms with Crippen LogP contribution in [0.25, 0.3) is 0 Å². The fourth-order valence-corrected chi connectivity index (χ4v) is 25.7. The van der Waals surface area contributed by atoms with Gasteiger partial charge in [-0.3, -0.25) is 19.4 Å². The Kier molecular flexibility index (Phi) is 19.1. The van der Waals surface area contributed by atoms with Crippen molar-refractivity contribution in [2.24, 2.45) is 116 Å². The summed E-state index contributed by atoms with van der Waals surface area (Å²) in [5.41, 5.74) is 8.98. The molecule has 1 aromatic heterocycles. The van der Waals surface area contributed by atoms with Gasteiger partial charge in [-0.05, 0) is 190 Å². The van der Waals surface area contributed by atoms with Crippen LogP contribution >= 0.6 is 21.6 Å². The number of ketones is 2. The third kappa shape index (κ3) is 11.4. The molecule has 11 aliphatic rings. The summed E-state index contributed by atoms with van der Waals surface area (Å²) >= 11 is 0. The fourth-order valence-electron chi connectivity index (χ4n) is 23.0. The molecule has 25 unspecified atom stereocenters. The van der Waals surface area contributed by atoms with E-state index in [0.717, 1.165) is 75.3 Å². The summed E-state index contributed by atoms with van der Waals surface area (Å²) in [6.07, 6.45) is 9.09. The van der Waals surface area contributed by atoms with Gasteiger partial charge >= 0.3 is 5.97 Å². The number of allylic oxidation sites excluding steroid dienone is 3. The number of aromatic amines is 1. The minimum Gasteiger partial charge on any atom is -0.508 e. The van der Waals surface area contributed by atoms with Gasteiger partial charge in [-0.25, -0.2) is 0 Å². The highest BCUT2D eigenvalue weighted by Gasteiger charge is 2.76. The molecule has 1 aromatic carbocycles. The number of ether oxygens (including phenoxy) is 1. The number of phenolic OH excluding ortho intramolecular Hbond substituents is 1. The first-order valence-electron chi connectivity index (χ1n) is 35.2. The Morgan fingerprint density at radius 3 is 2.38 bits per heavy atom. The zero-order chi connectivity index (χ0) is 65.6. The molecule has 3 heterocycles. The first-order chi connectivity index (χ1) is 44.6. The topological polar surface area (TPSA) is 335 Å². The molecule has 93 heavy (non-hydrogen) atoms. The number of aliphatic hydroxyl groups is 8. The van der Waals surface area contributed by atoms with E-state index in [4.69, 9.17) is 16.2 Å². The highest BCUT2D eigenvalue weighted by atomic mass is 33.1. The third-order valence-corrected chi connectivity index (χ3v) is 29.2. The average Bonchev–Trinajstić information content (AvgIpc) is 1.64. The normalized spacial score (nSPS) is 44.5. The van der Waals surface area contributed by atoms with Gasteiger partial charge in [0.15, 0.2) is 23.8 Å². The van der Waals surface area contributed by atoms with Crippen molar-refractivity contribution in [3.05, 3.63) is 76.8 Å². The largest absolute Gasteiger partial charge is 0.508 e.